The minimum atomic E-state index is -0.462. The van der Waals surface area contributed by atoms with Gasteiger partial charge in [-0.15, -0.1) is 0 Å². The first-order chi connectivity index (χ1) is 12.5. The number of nitrogens with zero attached hydrogens (tertiary/aromatic N) is 2. The first kappa shape index (κ1) is 18.4. The van der Waals surface area contributed by atoms with Crippen molar-refractivity contribution in [3.63, 3.8) is 0 Å². The second kappa shape index (κ2) is 7.85. The predicted molar refractivity (Wildman–Crippen MR) is 101 cm³/mol. The molecule has 0 spiro atoms. The third kappa shape index (κ3) is 3.71. The highest BCUT2D eigenvalue weighted by Gasteiger charge is 2.23. The molecule has 2 aromatic rings. The van der Waals surface area contributed by atoms with Crippen molar-refractivity contribution in [1.82, 2.24) is 9.88 Å². The van der Waals surface area contributed by atoms with Crippen LogP contribution < -0.4 is 0 Å². The molecule has 1 saturated heterocycles. The van der Waals surface area contributed by atoms with Gasteiger partial charge in [0.25, 0.3) is 5.91 Å². The van der Waals surface area contributed by atoms with Crippen molar-refractivity contribution in [2.45, 2.75) is 40.0 Å². The quantitative estimate of drug-likeness (QED) is 0.788. The summed E-state index contributed by atoms with van der Waals surface area (Å²) in [5.41, 5.74) is 2.94. The van der Waals surface area contributed by atoms with E-state index in [-0.39, 0.29) is 12.5 Å². The maximum atomic E-state index is 12.7. The van der Waals surface area contributed by atoms with Gasteiger partial charge in [-0.25, -0.2) is 4.79 Å². The van der Waals surface area contributed by atoms with E-state index in [9.17, 15) is 9.59 Å². The lowest BCUT2D eigenvalue weighted by Gasteiger charge is -2.30. The van der Waals surface area contributed by atoms with Crippen LogP contribution in [0.3, 0.4) is 0 Å². The van der Waals surface area contributed by atoms with E-state index in [0.717, 1.165) is 42.4 Å². The Morgan fingerprint density at radius 1 is 1.23 bits per heavy atom. The Morgan fingerprint density at radius 2 is 1.92 bits per heavy atom. The van der Waals surface area contributed by atoms with E-state index in [2.05, 4.69) is 11.9 Å². The van der Waals surface area contributed by atoms with Gasteiger partial charge in [0, 0.05) is 18.5 Å². The molecule has 0 bridgehead atoms. The second-order valence-electron chi connectivity index (χ2n) is 7.07. The summed E-state index contributed by atoms with van der Waals surface area (Å²) in [4.78, 5) is 31.4. The molecule has 2 heterocycles. The summed E-state index contributed by atoms with van der Waals surface area (Å²) in [6, 6.07) is 7.76. The Bertz CT molecular complexity index is 823. The maximum Gasteiger partial charge on any atom is 0.340 e. The number of hydrogen-bond donors (Lipinski definition) is 0. The lowest BCUT2D eigenvalue weighted by Crippen LogP contribution is -2.40. The number of aromatic nitrogens is 1. The molecule has 1 fully saturated rings. The highest BCUT2D eigenvalue weighted by molar-refractivity contribution is 5.99. The summed E-state index contributed by atoms with van der Waals surface area (Å²) in [5.74, 6) is 0.0751. The molecule has 1 aliphatic heterocycles. The van der Waals surface area contributed by atoms with Gasteiger partial charge in [0.1, 0.15) is 0 Å². The zero-order chi connectivity index (χ0) is 18.7. The number of fused-ring (bicyclic) bond motifs is 1. The molecule has 1 aromatic heterocycles. The van der Waals surface area contributed by atoms with Crippen molar-refractivity contribution < 1.29 is 14.3 Å². The zero-order valence-electron chi connectivity index (χ0n) is 15.7. The van der Waals surface area contributed by atoms with Crippen LogP contribution in [0.2, 0.25) is 0 Å². The van der Waals surface area contributed by atoms with E-state index >= 15 is 0 Å². The minimum absolute atomic E-state index is 0.116. The fourth-order valence-electron chi connectivity index (χ4n) is 3.52. The van der Waals surface area contributed by atoms with Gasteiger partial charge in [-0.2, -0.15) is 0 Å². The highest BCUT2D eigenvalue weighted by Crippen LogP contribution is 2.24. The maximum absolute atomic E-state index is 12.7. The van der Waals surface area contributed by atoms with Crippen molar-refractivity contribution in [3.8, 4) is 0 Å². The summed E-state index contributed by atoms with van der Waals surface area (Å²) in [6.07, 6.45) is 2.65. The van der Waals surface area contributed by atoms with E-state index in [1.165, 1.54) is 0 Å². The van der Waals surface area contributed by atoms with Crippen LogP contribution in [-0.4, -0.2) is 41.5 Å². The van der Waals surface area contributed by atoms with Gasteiger partial charge in [-0.05, 0) is 43.7 Å². The summed E-state index contributed by atoms with van der Waals surface area (Å²) < 4.78 is 5.37. The highest BCUT2D eigenvalue weighted by atomic mass is 16.5. The molecule has 1 aliphatic rings. The number of hydrogen-bond acceptors (Lipinski definition) is 4. The monoisotopic (exact) mass is 354 g/mol. The number of ether oxygens (including phenoxy) is 1. The molecule has 0 unspecified atom stereocenters. The van der Waals surface area contributed by atoms with E-state index in [1.54, 1.807) is 4.90 Å². The molecule has 0 radical (unpaired) electrons. The van der Waals surface area contributed by atoms with Crippen molar-refractivity contribution in [2.75, 3.05) is 19.7 Å². The van der Waals surface area contributed by atoms with Gasteiger partial charge >= 0.3 is 5.97 Å². The molecule has 3 rings (SSSR count). The molecule has 5 nitrogen and oxygen atoms in total. The van der Waals surface area contributed by atoms with Crippen molar-refractivity contribution in [1.29, 1.82) is 0 Å². The van der Waals surface area contributed by atoms with Crippen molar-refractivity contribution in [2.24, 2.45) is 5.92 Å². The number of rotatable bonds is 4. The molecule has 0 N–H and O–H groups in total. The summed E-state index contributed by atoms with van der Waals surface area (Å²) >= 11 is 0. The minimum Gasteiger partial charge on any atom is -0.452 e. The molecule has 0 saturated carbocycles. The molecule has 0 atom stereocenters. The number of benzene rings is 1. The third-order valence-electron chi connectivity index (χ3n) is 5.23. The first-order valence-corrected chi connectivity index (χ1v) is 9.34. The van der Waals surface area contributed by atoms with Crippen molar-refractivity contribution in [3.05, 3.63) is 41.1 Å². The number of para-hydroxylation sites is 1. The fourth-order valence-corrected chi connectivity index (χ4v) is 3.52. The molecular weight excluding hydrogens is 328 g/mol. The molecule has 0 aliphatic carbocycles. The Morgan fingerprint density at radius 3 is 2.62 bits per heavy atom. The van der Waals surface area contributed by atoms with E-state index in [0.29, 0.717) is 23.6 Å². The van der Waals surface area contributed by atoms with E-state index in [1.807, 2.05) is 38.1 Å². The van der Waals surface area contributed by atoms with Crippen LogP contribution in [-0.2, 0) is 16.0 Å². The first-order valence-electron chi connectivity index (χ1n) is 9.34. The van der Waals surface area contributed by atoms with Crippen LogP contribution in [0.25, 0.3) is 10.9 Å². The zero-order valence-corrected chi connectivity index (χ0v) is 15.7. The standard InChI is InChI=1S/C21H26N2O3/c1-4-17-20(15(3)16-7-5-6-8-18(16)22-17)21(25)26-13-19(24)23-11-9-14(2)10-12-23/h5-8,14H,4,9-13H2,1-3H3. The van der Waals surface area contributed by atoms with Gasteiger partial charge in [0.15, 0.2) is 6.61 Å². The smallest absolute Gasteiger partial charge is 0.340 e. The van der Waals surface area contributed by atoms with Crippen LogP contribution in [0.5, 0.6) is 0 Å². The van der Waals surface area contributed by atoms with Gasteiger partial charge in [0.05, 0.1) is 16.8 Å². The summed E-state index contributed by atoms with van der Waals surface area (Å²) in [5, 5.41) is 0.938. The largest absolute Gasteiger partial charge is 0.452 e. The lowest BCUT2D eigenvalue weighted by atomic mass is 9.99. The average molecular weight is 354 g/mol. The van der Waals surface area contributed by atoms with Crippen LogP contribution >= 0.6 is 0 Å². The van der Waals surface area contributed by atoms with Crippen LogP contribution in [0, 0.1) is 12.8 Å². The third-order valence-corrected chi connectivity index (χ3v) is 5.23. The average Bonchev–Trinajstić information content (AvgIpc) is 2.66. The molecule has 138 valence electrons. The molecule has 26 heavy (non-hydrogen) atoms. The molecular formula is C21H26N2O3. The summed E-state index contributed by atoms with van der Waals surface area (Å²) in [7, 11) is 0. The van der Waals surface area contributed by atoms with Gasteiger partial charge in [0.2, 0.25) is 0 Å². The molecule has 5 heteroatoms. The fraction of sp³-hybridized carbons (Fsp3) is 0.476. The number of piperidine rings is 1. The Hall–Kier alpha value is -2.43. The topological polar surface area (TPSA) is 59.5 Å². The number of carbonyl (C=O) groups is 2. The number of amides is 1. The lowest BCUT2D eigenvalue weighted by molar-refractivity contribution is -0.135. The molecule has 1 amide bonds. The number of esters is 1. The van der Waals surface area contributed by atoms with Crippen LogP contribution in [0.15, 0.2) is 24.3 Å². The molecule has 1 aromatic carbocycles. The Balaban J connectivity index is 1.75. The number of carbonyl (C=O) groups excluding carboxylic acids is 2. The van der Waals surface area contributed by atoms with Crippen molar-refractivity contribution >= 4 is 22.8 Å². The van der Waals surface area contributed by atoms with Gasteiger partial charge in [-0.3, -0.25) is 9.78 Å². The van der Waals surface area contributed by atoms with Crippen LogP contribution in [0.1, 0.15) is 48.3 Å². The van der Waals surface area contributed by atoms with Crippen LogP contribution in [0.4, 0.5) is 0 Å². The van der Waals surface area contributed by atoms with Gasteiger partial charge in [-0.1, -0.05) is 32.0 Å². The number of pyridine rings is 1. The van der Waals surface area contributed by atoms with E-state index in [4.69, 9.17) is 4.74 Å². The van der Waals surface area contributed by atoms with E-state index < -0.39 is 5.97 Å². The number of likely N-dealkylation sites (tertiary alicyclic amines) is 1. The number of aryl methyl sites for hydroxylation is 2. The second-order valence-corrected chi connectivity index (χ2v) is 7.07. The Kier molecular flexibility index (Phi) is 5.55. The van der Waals surface area contributed by atoms with Gasteiger partial charge < -0.3 is 9.64 Å². The normalized spacial score (nSPS) is 15.3. The predicted octanol–water partition coefficient (Wildman–Crippen LogP) is 3.52. The SMILES string of the molecule is CCc1nc2ccccc2c(C)c1C(=O)OCC(=O)N1CCC(C)CC1. The Labute approximate surface area is 154 Å². The summed E-state index contributed by atoms with van der Waals surface area (Å²) in [6.45, 7) is 7.36.